The van der Waals surface area contributed by atoms with Gasteiger partial charge < -0.3 is 15.2 Å². The number of methoxy groups -OCH3 is 1. The van der Waals surface area contributed by atoms with Gasteiger partial charge in [0.2, 0.25) is 11.2 Å². The molecule has 7 heteroatoms. The number of halogens is 1. The molecule has 1 aromatic rings. The lowest BCUT2D eigenvalue weighted by molar-refractivity contribution is -0.0203. The Balaban J connectivity index is 2.00. The monoisotopic (exact) mass is 244 g/mol. The van der Waals surface area contributed by atoms with Crippen LogP contribution in [0.15, 0.2) is 0 Å². The summed E-state index contributed by atoms with van der Waals surface area (Å²) < 4.78 is 4.86. The predicted octanol–water partition coefficient (Wildman–Crippen LogP) is 0.860. The van der Waals surface area contributed by atoms with Crippen LogP contribution in [0.1, 0.15) is 19.3 Å². The average molecular weight is 245 g/mol. The van der Waals surface area contributed by atoms with E-state index in [2.05, 4.69) is 20.3 Å². The zero-order valence-electron chi connectivity index (χ0n) is 8.90. The first-order valence-corrected chi connectivity index (χ1v) is 5.41. The first kappa shape index (κ1) is 11.3. The van der Waals surface area contributed by atoms with E-state index in [4.69, 9.17) is 16.3 Å². The topological polar surface area (TPSA) is 80.2 Å². The highest BCUT2D eigenvalue weighted by Gasteiger charge is 2.34. The molecule has 0 bridgehead atoms. The lowest BCUT2D eigenvalue weighted by atomic mass is 9.80. The van der Waals surface area contributed by atoms with E-state index in [1.807, 2.05) is 0 Å². The third-order valence-corrected chi connectivity index (χ3v) is 2.80. The van der Waals surface area contributed by atoms with Crippen LogP contribution in [0.5, 0.6) is 6.01 Å². The van der Waals surface area contributed by atoms with E-state index in [-0.39, 0.29) is 11.3 Å². The third-order valence-electron chi connectivity index (χ3n) is 2.63. The van der Waals surface area contributed by atoms with Gasteiger partial charge in [0.05, 0.1) is 12.7 Å². The number of aliphatic hydroxyl groups is 1. The van der Waals surface area contributed by atoms with Gasteiger partial charge in [0.25, 0.3) is 0 Å². The molecule has 2 N–H and O–H groups in total. The van der Waals surface area contributed by atoms with E-state index in [9.17, 15) is 5.11 Å². The van der Waals surface area contributed by atoms with Crippen molar-refractivity contribution in [2.24, 2.45) is 0 Å². The van der Waals surface area contributed by atoms with Crippen molar-refractivity contribution in [3.63, 3.8) is 0 Å². The van der Waals surface area contributed by atoms with Crippen molar-refractivity contribution in [1.82, 2.24) is 15.0 Å². The molecule has 0 unspecified atom stereocenters. The van der Waals surface area contributed by atoms with Gasteiger partial charge in [0.1, 0.15) is 0 Å². The van der Waals surface area contributed by atoms with Gasteiger partial charge in [0, 0.05) is 6.54 Å². The maximum atomic E-state index is 9.87. The SMILES string of the molecule is COc1nc(Cl)nc(NCC2(O)CCC2)n1. The van der Waals surface area contributed by atoms with Crippen molar-refractivity contribution in [3.8, 4) is 6.01 Å². The minimum atomic E-state index is -0.633. The summed E-state index contributed by atoms with van der Waals surface area (Å²) in [5, 5.41) is 12.9. The van der Waals surface area contributed by atoms with E-state index in [1.165, 1.54) is 7.11 Å². The van der Waals surface area contributed by atoms with Crippen LogP contribution in [-0.4, -0.2) is 39.3 Å². The van der Waals surface area contributed by atoms with Gasteiger partial charge in [-0.3, -0.25) is 0 Å². The Kier molecular flexibility index (Phi) is 3.11. The van der Waals surface area contributed by atoms with Gasteiger partial charge in [-0.2, -0.15) is 15.0 Å². The van der Waals surface area contributed by atoms with Gasteiger partial charge in [0.15, 0.2) is 0 Å². The summed E-state index contributed by atoms with van der Waals surface area (Å²) in [7, 11) is 1.45. The first-order valence-electron chi connectivity index (χ1n) is 5.03. The molecule has 1 aromatic heterocycles. The van der Waals surface area contributed by atoms with Gasteiger partial charge in [-0.15, -0.1) is 0 Å². The molecule has 88 valence electrons. The largest absolute Gasteiger partial charge is 0.467 e. The van der Waals surface area contributed by atoms with Crippen molar-refractivity contribution < 1.29 is 9.84 Å². The average Bonchev–Trinajstić information content (AvgIpc) is 2.23. The van der Waals surface area contributed by atoms with Crippen LogP contribution >= 0.6 is 11.6 Å². The summed E-state index contributed by atoms with van der Waals surface area (Å²) >= 11 is 5.68. The highest BCUT2D eigenvalue weighted by Crippen LogP contribution is 2.31. The van der Waals surface area contributed by atoms with Crippen LogP contribution in [0.3, 0.4) is 0 Å². The second-order valence-electron chi connectivity index (χ2n) is 3.85. The normalized spacial score (nSPS) is 17.7. The van der Waals surface area contributed by atoms with Crippen LogP contribution in [0, 0.1) is 0 Å². The molecular weight excluding hydrogens is 232 g/mol. The van der Waals surface area contributed by atoms with E-state index >= 15 is 0 Å². The molecular formula is C9H13ClN4O2. The summed E-state index contributed by atoms with van der Waals surface area (Å²) in [4.78, 5) is 11.6. The summed E-state index contributed by atoms with van der Waals surface area (Å²) in [5.41, 5.74) is -0.633. The molecule has 0 atom stereocenters. The molecule has 0 amide bonds. The molecule has 0 aromatic carbocycles. The molecule has 1 aliphatic rings. The van der Waals surface area contributed by atoms with E-state index in [0.717, 1.165) is 19.3 Å². The van der Waals surface area contributed by atoms with E-state index in [0.29, 0.717) is 12.5 Å². The van der Waals surface area contributed by atoms with Crippen LogP contribution in [-0.2, 0) is 0 Å². The molecule has 2 rings (SSSR count). The zero-order valence-corrected chi connectivity index (χ0v) is 9.66. The van der Waals surface area contributed by atoms with Crippen molar-refractivity contribution in [1.29, 1.82) is 0 Å². The number of nitrogens with zero attached hydrogens (tertiary/aromatic N) is 3. The van der Waals surface area contributed by atoms with Crippen molar-refractivity contribution in [2.45, 2.75) is 24.9 Å². The number of ether oxygens (including phenoxy) is 1. The molecule has 0 spiro atoms. The molecule has 6 nitrogen and oxygen atoms in total. The lowest BCUT2D eigenvalue weighted by Crippen LogP contribution is -2.43. The fourth-order valence-electron chi connectivity index (χ4n) is 1.51. The fraction of sp³-hybridized carbons (Fsp3) is 0.667. The van der Waals surface area contributed by atoms with E-state index in [1.54, 1.807) is 0 Å². The number of hydrogen-bond acceptors (Lipinski definition) is 6. The number of nitrogens with one attached hydrogen (secondary N) is 1. The highest BCUT2D eigenvalue weighted by molar-refractivity contribution is 6.28. The van der Waals surface area contributed by atoms with Crippen molar-refractivity contribution >= 4 is 17.5 Å². The minimum Gasteiger partial charge on any atom is -0.467 e. The Bertz CT molecular complexity index is 384. The standard InChI is InChI=1S/C9H13ClN4O2/c1-16-8-13-6(10)12-7(14-8)11-5-9(15)3-2-4-9/h15H,2-5H2,1H3,(H,11,12,13,14). The predicted molar refractivity (Wildman–Crippen MR) is 58.7 cm³/mol. The Morgan fingerprint density at radius 3 is 2.75 bits per heavy atom. The molecule has 1 heterocycles. The summed E-state index contributed by atoms with van der Waals surface area (Å²) in [6.45, 7) is 0.413. The molecule has 1 fully saturated rings. The fourth-order valence-corrected chi connectivity index (χ4v) is 1.66. The zero-order chi connectivity index (χ0) is 11.6. The van der Waals surface area contributed by atoms with Crippen molar-refractivity contribution in [2.75, 3.05) is 19.0 Å². The summed E-state index contributed by atoms with van der Waals surface area (Å²) in [6.07, 6.45) is 2.66. The second kappa shape index (κ2) is 4.39. The number of aromatic nitrogens is 3. The molecule has 1 saturated carbocycles. The van der Waals surface area contributed by atoms with Gasteiger partial charge in [-0.25, -0.2) is 0 Å². The van der Waals surface area contributed by atoms with Crippen LogP contribution in [0.2, 0.25) is 5.28 Å². The van der Waals surface area contributed by atoms with E-state index < -0.39 is 5.60 Å². The second-order valence-corrected chi connectivity index (χ2v) is 4.18. The molecule has 0 radical (unpaired) electrons. The number of anilines is 1. The van der Waals surface area contributed by atoms with Crippen molar-refractivity contribution in [3.05, 3.63) is 5.28 Å². The number of hydrogen-bond donors (Lipinski definition) is 2. The summed E-state index contributed by atoms with van der Waals surface area (Å²) in [6, 6.07) is 0.156. The third kappa shape index (κ3) is 2.51. The highest BCUT2D eigenvalue weighted by atomic mass is 35.5. The maximum absolute atomic E-state index is 9.87. The Morgan fingerprint density at radius 2 is 2.19 bits per heavy atom. The summed E-state index contributed by atoms with van der Waals surface area (Å²) in [5.74, 6) is 0.317. The Morgan fingerprint density at radius 1 is 1.44 bits per heavy atom. The maximum Gasteiger partial charge on any atom is 0.322 e. The Labute approximate surface area is 98.0 Å². The minimum absolute atomic E-state index is 0.0648. The molecule has 0 aliphatic heterocycles. The molecule has 0 saturated heterocycles. The smallest absolute Gasteiger partial charge is 0.322 e. The van der Waals surface area contributed by atoms with Gasteiger partial charge >= 0.3 is 6.01 Å². The van der Waals surface area contributed by atoms with Gasteiger partial charge in [-0.1, -0.05) is 0 Å². The quantitative estimate of drug-likeness (QED) is 0.818. The van der Waals surface area contributed by atoms with Crippen LogP contribution < -0.4 is 10.1 Å². The molecule has 16 heavy (non-hydrogen) atoms. The number of rotatable bonds is 4. The Hall–Kier alpha value is -1.14. The lowest BCUT2D eigenvalue weighted by Gasteiger charge is -2.36. The van der Waals surface area contributed by atoms with Crippen LogP contribution in [0.4, 0.5) is 5.95 Å². The first-order chi connectivity index (χ1) is 7.61. The van der Waals surface area contributed by atoms with Crippen LogP contribution in [0.25, 0.3) is 0 Å². The molecule has 1 aliphatic carbocycles. The van der Waals surface area contributed by atoms with Gasteiger partial charge in [-0.05, 0) is 30.9 Å².